The van der Waals surface area contributed by atoms with Crippen LogP contribution >= 0.6 is 0 Å². The maximum atomic E-state index is 10.4. The number of aldehydes is 1. The van der Waals surface area contributed by atoms with Crippen molar-refractivity contribution in [3.8, 4) is 0 Å². The fraction of sp³-hybridized carbons (Fsp3) is 0.533. The van der Waals surface area contributed by atoms with Crippen LogP contribution in [0.2, 0.25) is 0 Å². The molecule has 0 fully saturated rings. The van der Waals surface area contributed by atoms with E-state index in [4.69, 9.17) is 5.11 Å². The second-order valence-electron chi connectivity index (χ2n) is 9.30. The molecule has 0 amide bonds. The van der Waals surface area contributed by atoms with E-state index in [-0.39, 0.29) is 0 Å². The molecular formula is C30H48O3. The number of carboxylic acids is 1. The van der Waals surface area contributed by atoms with Crippen molar-refractivity contribution in [1.29, 1.82) is 0 Å². The summed E-state index contributed by atoms with van der Waals surface area (Å²) in [6.07, 6.45) is 21.0. The van der Waals surface area contributed by atoms with E-state index in [9.17, 15) is 9.59 Å². The lowest BCUT2D eigenvalue weighted by atomic mass is 10.1. The summed E-state index contributed by atoms with van der Waals surface area (Å²) in [5.41, 5.74) is 7.65. The van der Waals surface area contributed by atoms with Gasteiger partial charge in [0.1, 0.15) is 6.29 Å². The first-order valence-corrected chi connectivity index (χ1v) is 12.1. The highest BCUT2D eigenvalue weighted by molar-refractivity contribution is 5.80. The molecule has 3 nitrogen and oxygen atoms in total. The highest BCUT2D eigenvalue weighted by atomic mass is 16.4. The van der Waals surface area contributed by atoms with Gasteiger partial charge in [-0.05, 0) is 113 Å². The molecule has 0 aromatic rings. The van der Waals surface area contributed by atoms with E-state index >= 15 is 0 Å². The van der Waals surface area contributed by atoms with Crippen LogP contribution in [-0.2, 0) is 9.59 Å². The van der Waals surface area contributed by atoms with Crippen LogP contribution in [0.5, 0.6) is 0 Å². The lowest BCUT2D eigenvalue weighted by molar-refractivity contribution is -0.131. The number of allylic oxidation sites excluding steroid dienone is 11. The van der Waals surface area contributed by atoms with Crippen molar-refractivity contribution < 1.29 is 14.7 Å². The zero-order valence-electron chi connectivity index (χ0n) is 22.5. The molecule has 0 spiro atoms. The number of aliphatic carboxylic acids is 1. The van der Waals surface area contributed by atoms with E-state index in [1.165, 1.54) is 28.4 Å². The molecule has 0 heterocycles. The normalized spacial score (nSPS) is 12.5. The lowest BCUT2D eigenvalue weighted by Gasteiger charge is -2.00. The summed E-state index contributed by atoms with van der Waals surface area (Å²) in [6, 6.07) is 0. The number of carboxylic acid groups (broad SMARTS) is 1. The van der Waals surface area contributed by atoms with Crippen molar-refractivity contribution in [3.63, 3.8) is 0 Å². The molecule has 0 aromatic carbocycles. The van der Waals surface area contributed by atoms with Gasteiger partial charge in [0.15, 0.2) is 0 Å². The number of hydrogen-bond donors (Lipinski definition) is 1. The number of hydrogen-bond acceptors (Lipinski definition) is 2. The SMILES string of the molecule is CC(C)=CCCC(C)=CCCC(C)=CC(=O)O.CC(C)=CCCC(C)=CCCC(C)=CC=O. The molecular weight excluding hydrogens is 408 g/mol. The van der Waals surface area contributed by atoms with Crippen LogP contribution in [0.25, 0.3) is 0 Å². The maximum Gasteiger partial charge on any atom is 0.328 e. The Balaban J connectivity index is 0. The Labute approximate surface area is 203 Å². The topological polar surface area (TPSA) is 54.4 Å². The smallest absolute Gasteiger partial charge is 0.328 e. The zero-order valence-corrected chi connectivity index (χ0v) is 22.5. The molecule has 1 N–H and O–H groups in total. The Morgan fingerprint density at radius 2 is 0.939 bits per heavy atom. The van der Waals surface area contributed by atoms with Crippen LogP contribution in [-0.4, -0.2) is 17.4 Å². The summed E-state index contributed by atoms with van der Waals surface area (Å²) in [6.45, 7) is 16.7. The zero-order chi connectivity index (χ0) is 25.6. The molecule has 33 heavy (non-hydrogen) atoms. The quantitative estimate of drug-likeness (QED) is 0.161. The molecule has 3 heteroatoms. The fourth-order valence-corrected chi connectivity index (χ4v) is 2.96. The first-order valence-electron chi connectivity index (χ1n) is 12.1. The molecule has 0 aliphatic rings. The first kappa shape index (κ1) is 32.8. The van der Waals surface area contributed by atoms with Gasteiger partial charge in [-0.2, -0.15) is 0 Å². The van der Waals surface area contributed by atoms with E-state index in [0.29, 0.717) is 0 Å². The summed E-state index contributed by atoms with van der Waals surface area (Å²) < 4.78 is 0. The van der Waals surface area contributed by atoms with Crippen molar-refractivity contribution in [3.05, 3.63) is 69.9 Å². The molecule has 0 radical (unpaired) electrons. The molecule has 0 saturated heterocycles. The third kappa shape index (κ3) is 27.5. The van der Waals surface area contributed by atoms with Gasteiger partial charge in [-0.25, -0.2) is 4.79 Å². The summed E-state index contributed by atoms with van der Waals surface area (Å²) in [4.78, 5) is 20.6. The summed E-state index contributed by atoms with van der Waals surface area (Å²) in [5, 5.41) is 8.56. The van der Waals surface area contributed by atoms with Gasteiger partial charge in [0, 0.05) is 6.08 Å². The average molecular weight is 457 g/mol. The van der Waals surface area contributed by atoms with Gasteiger partial charge in [0.2, 0.25) is 0 Å². The van der Waals surface area contributed by atoms with E-state index in [2.05, 4.69) is 65.8 Å². The van der Waals surface area contributed by atoms with Crippen molar-refractivity contribution in [2.24, 2.45) is 0 Å². The molecule has 0 rings (SSSR count). The largest absolute Gasteiger partial charge is 0.478 e. The lowest BCUT2D eigenvalue weighted by Crippen LogP contribution is -1.89. The molecule has 0 bridgehead atoms. The molecule has 0 aliphatic carbocycles. The summed E-state index contributed by atoms with van der Waals surface area (Å²) >= 11 is 0. The minimum atomic E-state index is -0.855. The van der Waals surface area contributed by atoms with Gasteiger partial charge in [0.05, 0.1) is 0 Å². The molecule has 186 valence electrons. The first-order chi connectivity index (χ1) is 15.5. The van der Waals surface area contributed by atoms with E-state index in [0.717, 1.165) is 68.8 Å². The van der Waals surface area contributed by atoms with E-state index in [1.807, 2.05) is 13.8 Å². The molecule has 0 unspecified atom stereocenters. The van der Waals surface area contributed by atoms with Crippen LogP contribution in [0.1, 0.15) is 107 Å². The molecule has 0 aromatic heterocycles. The van der Waals surface area contributed by atoms with Gasteiger partial charge >= 0.3 is 5.97 Å². The fourth-order valence-electron chi connectivity index (χ4n) is 2.96. The van der Waals surface area contributed by atoms with Crippen molar-refractivity contribution in [1.82, 2.24) is 0 Å². The second kappa shape index (κ2) is 21.4. The highest BCUT2D eigenvalue weighted by Gasteiger charge is 1.94. The van der Waals surface area contributed by atoms with Crippen LogP contribution in [0.15, 0.2) is 69.9 Å². The van der Waals surface area contributed by atoms with Crippen LogP contribution < -0.4 is 0 Å². The highest BCUT2D eigenvalue weighted by Crippen LogP contribution is 2.12. The molecule has 0 aliphatic heterocycles. The van der Waals surface area contributed by atoms with Gasteiger partial charge in [-0.15, -0.1) is 0 Å². The Kier molecular flexibility index (Phi) is 21.3. The van der Waals surface area contributed by atoms with Crippen molar-refractivity contribution in [2.45, 2.75) is 107 Å². The predicted molar refractivity (Wildman–Crippen MR) is 145 cm³/mol. The Hall–Kier alpha value is -2.42. The van der Waals surface area contributed by atoms with E-state index in [1.54, 1.807) is 6.08 Å². The van der Waals surface area contributed by atoms with Gasteiger partial charge in [-0.1, -0.05) is 57.7 Å². The van der Waals surface area contributed by atoms with Crippen molar-refractivity contribution >= 4 is 12.3 Å². The number of carbonyl (C=O) groups is 2. The minimum Gasteiger partial charge on any atom is -0.478 e. The molecule has 0 atom stereocenters. The van der Waals surface area contributed by atoms with Crippen LogP contribution in [0, 0.1) is 0 Å². The van der Waals surface area contributed by atoms with E-state index < -0.39 is 5.97 Å². The van der Waals surface area contributed by atoms with Crippen molar-refractivity contribution in [2.75, 3.05) is 0 Å². The third-order valence-corrected chi connectivity index (χ3v) is 4.97. The summed E-state index contributed by atoms with van der Waals surface area (Å²) in [7, 11) is 0. The maximum absolute atomic E-state index is 10.4. The monoisotopic (exact) mass is 456 g/mol. The Bertz CT molecular complexity index is 747. The predicted octanol–water partition coefficient (Wildman–Crippen LogP) is 9.09. The van der Waals surface area contributed by atoms with Gasteiger partial charge in [0.25, 0.3) is 0 Å². The number of carbonyl (C=O) groups excluding carboxylic acids is 1. The van der Waals surface area contributed by atoms with Crippen LogP contribution in [0.4, 0.5) is 0 Å². The van der Waals surface area contributed by atoms with Crippen LogP contribution in [0.3, 0.4) is 0 Å². The van der Waals surface area contributed by atoms with Gasteiger partial charge in [-0.3, -0.25) is 4.79 Å². The summed E-state index contributed by atoms with van der Waals surface area (Å²) in [5.74, 6) is -0.855. The second-order valence-corrected chi connectivity index (χ2v) is 9.30. The van der Waals surface area contributed by atoms with Gasteiger partial charge < -0.3 is 5.11 Å². The average Bonchev–Trinajstić information content (AvgIpc) is 2.67. The number of rotatable bonds is 14. The Morgan fingerprint density at radius 1 is 0.576 bits per heavy atom. The Morgan fingerprint density at radius 3 is 1.30 bits per heavy atom. The standard InChI is InChI=1S/C15H24O2.C15H24O/c1-12(2)7-5-8-13(3)9-6-10-14(4)11-15(16)17;1-13(2)7-5-8-14(3)9-6-10-15(4)11-12-16/h7,9,11H,5-6,8,10H2,1-4H3,(H,16,17);7,9,11-12H,5-6,8,10H2,1-4H3. The minimum absolute atomic E-state index is 0.826. The molecule has 0 saturated carbocycles. The third-order valence-electron chi connectivity index (χ3n) is 4.97.